The highest BCUT2D eigenvalue weighted by atomic mass is 16.3. The van der Waals surface area contributed by atoms with Gasteiger partial charge in [-0.25, -0.2) is 4.98 Å². The van der Waals surface area contributed by atoms with Gasteiger partial charge < -0.3 is 14.9 Å². The molecule has 0 aromatic carbocycles. The second-order valence-corrected chi connectivity index (χ2v) is 5.61. The summed E-state index contributed by atoms with van der Waals surface area (Å²) in [6.45, 7) is 3.06. The summed E-state index contributed by atoms with van der Waals surface area (Å²) in [5.74, 6) is 0.938. The van der Waals surface area contributed by atoms with Gasteiger partial charge in [0, 0.05) is 32.4 Å². The van der Waals surface area contributed by atoms with E-state index >= 15 is 0 Å². The van der Waals surface area contributed by atoms with E-state index in [1.54, 1.807) is 6.20 Å². The molecular weight excluding hydrogens is 254 g/mol. The zero-order chi connectivity index (χ0) is 13.9. The first-order valence-electron chi connectivity index (χ1n) is 7.38. The normalized spacial score (nSPS) is 26.9. The van der Waals surface area contributed by atoms with Crippen LogP contribution in [0.15, 0.2) is 24.4 Å². The van der Waals surface area contributed by atoms with Crippen molar-refractivity contribution in [3.8, 4) is 0 Å². The molecule has 0 bridgehead atoms. The molecule has 1 aromatic rings. The van der Waals surface area contributed by atoms with Crippen LogP contribution in [0.3, 0.4) is 0 Å². The minimum absolute atomic E-state index is 0.135. The second-order valence-electron chi connectivity index (χ2n) is 5.61. The predicted octanol–water partition coefficient (Wildman–Crippen LogP) is 0.891. The lowest BCUT2D eigenvalue weighted by molar-refractivity contribution is -0.138. The lowest BCUT2D eigenvalue weighted by atomic mass is 10.0. The van der Waals surface area contributed by atoms with Crippen LogP contribution in [-0.4, -0.2) is 53.2 Å². The molecule has 20 heavy (non-hydrogen) atoms. The molecule has 2 heterocycles. The molecule has 108 valence electrons. The third-order valence-electron chi connectivity index (χ3n) is 4.36. The van der Waals surface area contributed by atoms with E-state index in [9.17, 15) is 9.90 Å². The summed E-state index contributed by atoms with van der Waals surface area (Å²) in [7, 11) is 0. The summed E-state index contributed by atoms with van der Waals surface area (Å²) in [6, 6.07) is 5.89. The summed E-state index contributed by atoms with van der Waals surface area (Å²) in [4.78, 5) is 20.8. The zero-order valence-electron chi connectivity index (χ0n) is 11.6. The summed E-state index contributed by atoms with van der Waals surface area (Å²) in [5, 5.41) is 9.85. The highest BCUT2D eigenvalue weighted by Crippen LogP contribution is 2.27. The van der Waals surface area contributed by atoms with Crippen molar-refractivity contribution in [1.29, 1.82) is 0 Å². The fourth-order valence-electron chi connectivity index (χ4n) is 3.16. The van der Waals surface area contributed by atoms with Gasteiger partial charge in [-0.05, 0) is 31.4 Å². The molecule has 2 aliphatic rings. The quantitative estimate of drug-likeness (QED) is 0.871. The van der Waals surface area contributed by atoms with E-state index in [-0.39, 0.29) is 11.8 Å². The fourth-order valence-corrected chi connectivity index (χ4v) is 3.16. The van der Waals surface area contributed by atoms with Crippen LogP contribution in [0.2, 0.25) is 0 Å². The SMILES string of the molecule is O=C(C1CCCC1O)N1CCN(c2ccccn2)CC1. The van der Waals surface area contributed by atoms with Crippen molar-refractivity contribution in [1.82, 2.24) is 9.88 Å². The van der Waals surface area contributed by atoms with E-state index in [4.69, 9.17) is 0 Å². The Balaban J connectivity index is 1.57. The van der Waals surface area contributed by atoms with Crippen molar-refractivity contribution in [2.75, 3.05) is 31.1 Å². The fraction of sp³-hybridized carbons (Fsp3) is 0.600. The topological polar surface area (TPSA) is 56.7 Å². The third-order valence-corrected chi connectivity index (χ3v) is 4.36. The number of aromatic nitrogens is 1. The van der Waals surface area contributed by atoms with Gasteiger partial charge in [0.1, 0.15) is 5.82 Å². The molecule has 0 radical (unpaired) electrons. The Bertz CT molecular complexity index is 457. The van der Waals surface area contributed by atoms with Gasteiger partial charge in [0.25, 0.3) is 0 Å². The number of amides is 1. The molecule has 5 heteroatoms. The van der Waals surface area contributed by atoms with E-state index < -0.39 is 6.10 Å². The maximum Gasteiger partial charge on any atom is 0.228 e. The highest BCUT2D eigenvalue weighted by Gasteiger charge is 2.35. The molecule has 1 aromatic heterocycles. The summed E-state index contributed by atoms with van der Waals surface area (Å²) < 4.78 is 0. The van der Waals surface area contributed by atoms with Gasteiger partial charge in [0.05, 0.1) is 12.0 Å². The van der Waals surface area contributed by atoms with Gasteiger partial charge >= 0.3 is 0 Å². The molecule has 5 nitrogen and oxygen atoms in total. The number of rotatable bonds is 2. The Morgan fingerprint density at radius 3 is 2.60 bits per heavy atom. The maximum absolute atomic E-state index is 12.4. The van der Waals surface area contributed by atoms with Crippen molar-refractivity contribution in [2.24, 2.45) is 5.92 Å². The molecule has 2 unspecified atom stereocenters. The zero-order valence-corrected chi connectivity index (χ0v) is 11.6. The lowest BCUT2D eigenvalue weighted by Gasteiger charge is -2.36. The first kappa shape index (κ1) is 13.4. The molecular formula is C15H21N3O2. The van der Waals surface area contributed by atoms with E-state index in [0.717, 1.165) is 51.3 Å². The average molecular weight is 275 g/mol. The van der Waals surface area contributed by atoms with Crippen LogP contribution >= 0.6 is 0 Å². The van der Waals surface area contributed by atoms with Crippen molar-refractivity contribution in [3.63, 3.8) is 0 Å². The summed E-state index contributed by atoms with van der Waals surface area (Å²) in [5.41, 5.74) is 0. The van der Waals surface area contributed by atoms with Gasteiger partial charge in [-0.3, -0.25) is 4.79 Å². The van der Waals surface area contributed by atoms with E-state index in [0.29, 0.717) is 0 Å². The molecule has 1 saturated carbocycles. The van der Waals surface area contributed by atoms with E-state index in [1.165, 1.54) is 0 Å². The number of carbonyl (C=O) groups excluding carboxylic acids is 1. The van der Waals surface area contributed by atoms with Crippen molar-refractivity contribution in [3.05, 3.63) is 24.4 Å². The minimum Gasteiger partial charge on any atom is -0.392 e. The summed E-state index contributed by atoms with van der Waals surface area (Å²) in [6.07, 6.45) is 3.93. The van der Waals surface area contributed by atoms with Crippen molar-refractivity contribution in [2.45, 2.75) is 25.4 Å². The van der Waals surface area contributed by atoms with E-state index in [2.05, 4.69) is 9.88 Å². The van der Waals surface area contributed by atoms with Crippen LogP contribution in [0, 0.1) is 5.92 Å². The third kappa shape index (κ3) is 2.63. The van der Waals surface area contributed by atoms with Gasteiger partial charge in [-0.2, -0.15) is 0 Å². The number of carbonyl (C=O) groups is 1. The largest absolute Gasteiger partial charge is 0.392 e. The molecule has 1 amide bonds. The maximum atomic E-state index is 12.4. The van der Waals surface area contributed by atoms with Gasteiger partial charge in [0.15, 0.2) is 0 Å². The standard InChI is InChI=1S/C15H21N3O2/c19-13-5-3-4-12(13)15(20)18-10-8-17(9-11-18)14-6-1-2-7-16-14/h1-2,6-7,12-13,19H,3-5,8-11H2. The number of pyridine rings is 1. The molecule has 1 aliphatic heterocycles. The first-order valence-corrected chi connectivity index (χ1v) is 7.38. The van der Waals surface area contributed by atoms with Crippen LogP contribution in [0.5, 0.6) is 0 Å². The molecule has 3 rings (SSSR count). The Hall–Kier alpha value is -1.62. The van der Waals surface area contributed by atoms with Crippen LogP contribution in [0.1, 0.15) is 19.3 Å². The number of hydrogen-bond donors (Lipinski definition) is 1. The first-order chi connectivity index (χ1) is 9.75. The van der Waals surface area contributed by atoms with Crippen molar-refractivity contribution >= 4 is 11.7 Å². The van der Waals surface area contributed by atoms with Crippen molar-refractivity contribution < 1.29 is 9.90 Å². The van der Waals surface area contributed by atoms with Gasteiger partial charge in [-0.15, -0.1) is 0 Å². The van der Waals surface area contributed by atoms with Crippen LogP contribution in [0.25, 0.3) is 0 Å². The minimum atomic E-state index is -0.434. The highest BCUT2D eigenvalue weighted by molar-refractivity contribution is 5.80. The molecule has 0 spiro atoms. The predicted molar refractivity (Wildman–Crippen MR) is 76.4 cm³/mol. The number of aliphatic hydroxyl groups excluding tert-OH is 1. The Kier molecular flexibility index (Phi) is 3.87. The molecule has 1 N–H and O–H groups in total. The molecule has 2 atom stereocenters. The van der Waals surface area contributed by atoms with Crippen LogP contribution in [-0.2, 0) is 4.79 Å². The van der Waals surface area contributed by atoms with Gasteiger partial charge in [0.2, 0.25) is 5.91 Å². The average Bonchev–Trinajstić information content (AvgIpc) is 2.94. The van der Waals surface area contributed by atoms with Gasteiger partial charge in [-0.1, -0.05) is 6.07 Å². The summed E-state index contributed by atoms with van der Waals surface area (Å²) >= 11 is 0. The smallest absolute Gasteiger partial charge is 0.228 e. The number of aliphatic hydroxyl groups is 1. The Labute approximate surface area is 119 Å². The number of piperazine rings is 1. The van der Waals surface area contributed by atoms with Crippen LogP contribution < -0.4 is 4.90 Å². The molecule has 2 fully saturated rings. The van der Waals surface area contributed by atoms with E-state index in [1.807, 2.05) is 23.1 Å². The number of anilines is 1. The number of nitrogens with zero attached hydrogens (tertiary/aromatic N) is 3. The van der Waals surface area contributed by atoms with Crippen LogP contribution in [0.4, 0.5) is 5.82 Å². The molecule has 1 aliphatic carbocycles. The Morgan fingerprint density at radius 2 is 2.00 bits per heavy atom. The second kappa shape index (κ2) is 5.79. The Morgan fingerprint density at radius 1 is 1.20 bits per heavy atom. The molecule has 1 saturated heterocycles. The monoisotopic (exact) mass is 275 g/mol. The lowest BCUT2D eigenvalue weighted by Crippen LogP contribution is -2.51. The number of hydrogen-bond acceptors (Lipinski definition) is 4.